The van der Waals surface area contributed by atoms with Crippen LogP contribution in [0.1, 0.15) is 33.1 Å². The van der Waals surface area contributed by atoms with Gasteiger partial charge in [0.15, 0.2) is 0 Å². The van der Waals surface area contributed by atoms with Gasteiger partial charge in [-0.15, -0.1) is 0 Å². The molecule has 2 nitrogen and oxygen atoms in total. The number of hydrogen-bond donors (Lipinski definition) is 1. The Kier molecular flexibility index (Phi) is 6.57. The van der Waals surface area contributed by atoms with E-state index in [-0.39, 0.29) is 0 Å². The molecule has 1 saturated heterocycles. The van der Waals surface area contributed by atoms with Crippen LogP contribution in [0.5, 0.6) is 0 Å². The zero-order valence-corrected chi connectivity index (χ0v) is 8.35. The van der Waals surface area contributed by atoms with Crippen molar-refractivity contribution in [3.63, 3.8) is 0 Å². The minimum Gasteiger partial charge on any atom is -0.305 e. The van der Waals surface area contributed by atoms with Crippen LogP contribution in [0.25, 0.3) is 0 Å². The van der Waals surface area contributed by atoms with E-state index in [2.05, 4.69) is 17.3 Å². The maximum Gasteiger partial charge on any atom is 0.0592 e. The average Bonchev–Trinajstić information content (AvgIpc) is 2.09. The van der Waals surface area contributed by atoms with Crippen molar-refractivity contribution in [2.75, 3.05) is 20.6 Å². The van der Waals surface area contributed by atoms with Crippen LogP contribution in [0, 0.1) is 0 Å². The normalized spacial score (nSPS) is 25.6. The van der Waals surface area contributed by atoms with Crippen molar-refractivity contribution in [1.82, 2.24) is 10.2 Å². The van der Waals surface area contributed by atoms with E-state index in [9.17, 15) is 0 Å². The molecule has 0 amide bonds. The van der Waals surface area contributed by atoms with E-state index < -0.39 is 0 Å². The van der Waals surface area contributed by atoms with Gasteiger partial charge in [0, 0.05) is 0 Å². The molecule has 1 atom stereocenters. The van der Waals surface area contributed by atoms with Crippen LogP contribution in [0.4, 0.5) is 0 Å². The fraction of sp³-hybridized carbons (Fsp3) is 1.00. The second-order valence-corrected chi connectivity index (χ2v) is 2.78. The number of likely N-dealkylation sites (tertiary alicyclic amines) is 1. The molecule has 0 spiro atoms. The molecule has 1 aliphatic rings. The number of nitrogens with zero attached hydrogens (tertiary/aromatic N) is 1. The first kappa shape index (κ1) is 10.9. The number of piperidine rings is 1. The first-order chi connectivity index (χ1) is 5.34. The highest BCUT2D eigenvalue weighted by Gasteiger charge is 2.15. The summed E-state index contributed by atoms with van der Waals surface area (Å²) >= 11 is 0. The largest absolute Gasteiger partial charge is 0.305 e. The second kappa shape index (κ2) is 6.62. The van der Waals surface area contributed by atoms with E-state index in [1.807, 2.05) is 20.9 Å². The summed E-state index contributed by atoms with van der Waals surface area (Å²) < 4.78 is 0. The van der Waals surface area contributed by atoms with Gasteiger partial charge in [0.05, 0.1) is 6.17 Å². The second-order valence-electron chi connectivity index (χ2n) is 2.78. The van der Waals surface area contributed by atoms with Gasteiger partial charge in [-0.2, -0.15) is 0 Å². The van der Waals surface area contributed by atoms with Crippen LogP contribution in [0.15, 0.2) is 0 Å². The lowest BCUT2D eigenvalue weighted by Crippen LogP contribution is -2.44. The predicted molar refractivity (Wildman–Crippen MR) is 50.7 cm³/mol. The Morgan fingerprint density at radius 2 is 1.91 bits per heavy atom. The van der Waals surface area contributed by atoms with Crippen LogP contribution in [0.2, 0.25) is 0 Å². The third-order valence-corrected chi connectivity index (χ3v) is 2.10. The van der Waals surface area contributed by atoms with Crippen LogP contribution >= 0.6 is 0 Å². The predicted octanol–water partition coefficient (Wildman–Crippen LogP) is 1.67. The lowest BCUT2D eigenvalue weighted by Gasteiger charge is -2.31. The number of nitrogens with one attached hydrogen (secondary N) is 1. The topological polar surface area (TPSA) is 15.3 Å². The summed E-state index contributed by atoms with van der Waals surface area (Å²) in [5, 5.41) is 3.28. The van der Waals surface area contributed by atoms with Crippen molar-refractivity contribution in [3.8, 4) is 0 Å². The molecule has 2 heteroatoms. The van der Waals surface area contributed by atoms with E-state index in [0.29, 0.717) is 6.17 Å². The summed E-state index contributed by atoms with van der Waals surface area (Å²) in [6, 6.07) is 0. The Morgan fingerprint density at radius 3 is 2.27 bits per heavy atom. The van der Waals surface area contributed by atoms with Crippen LogP contribution < -0.4 is 5.32 Å². The maximum atomic E-state index is 3.28. The molecule has 68 valence electrons. The van der Waals surface area contributed by atoms with Gasteiger partial charge in [-0.1, -0.05) is 13.8 Å². The van der Waals surface area contributed by atoms with Gasteiger partial charge in [0.25, 0.3) is 0 Å². The fourth-order valence-corrected chi connectivity index (χ4v) is 1.44. The van der Waals surface area contributed by atoms with Crippen molar-refractivity contribution in [1.29, 1.82) is 0 Å². The van der Waals surface area contributed by atoms with E-state index >= 15 is 0 Å². The molecule has 1 N–H and O–H groups in total. The molecule has 0 aliphatic carbocycles. The van der Waals surface area contributed by atoms with Gasteiger partial charge in [-0.05, 0) is 39.9 Å². The molecular weight excluding hydrogens is 136 g/mol. The third kappa shape index (κ3) is 3.73. The quantitative estimate of drug-likeness (QED) is 0.624. The minimum absolute atomic E-state index is 0.638. The fourth-order valence-electron chi connectivity index (χ4n) is 1.44. The first-order valence-electron chi connectivity index (χ1n) is 4.72. The molecule has 0 saturated carbocycles. The summed E-state index contributed by atoms with van der Waals surface area (Å²) in [6.45, 7) is 5.26. The Balaban J connectivity index is 0.000000461. The molecule has 1 unspecified atom stereocenters. The van der Waals surface area contributed by atoms with Gasteiger partial charge >= 0.3 is 0 Å². The Labute approximate surface area is 71.0 Å². The standard InChI is InChI=1S/C7H16N2.C2H6/c1-8-7-5-3-4-6-9(7)2;1-2/h7-8H,3-6H2,1-2H3;1-2H3. The molecular formula is C9H22N2. The van der Waals surface area contributed by atoms with Gasteiger partial charge in [0.1, 0.15) is 0 Å². The first-order valence-corrected chi connectivity index (χ1v) is 4.72. The van der Waals surface area contributed by atoms with Gasteiger partial charge < -0.3 is 5.32 Å². The monoisotopic (exact) mass is 158 g/mol. The van der Waals surface area contributed by atoms with Crippen LogP contribution in [-0.4, -0.2) is 31.7 Å². The van der Waals surface area contributed by atoms with Crippen molar-refractivity contribution in [2.45, 2.75) is 39.3 Å². The molecule has 0 aromatic heterocycles. The Morgan fingerprint density at radius 1 is 1.27 bits per heavy atom. The summed E-state index contributed by atoms with van der Waals surface area (Å²) in [4.78, 5) is 2.38. The van der Waals surface area contributed by atoms with E-state index in [1.54, 1.807) is 0 Å². The lowest BCUT2D eigenvalue weighted by atomic mass is 10.1. The van der Waals surface area contributed by atoms with Crippen LogP contribution in [-0.2, 0) is 0 Å². The Hall–Kier alpha value is -0.0800. The molecule has 0 aromatic rings. The van der Waals surface area contributed by atoms with Gasteiger partial charge in [-0.3, -0.25) is 4.90 Å². The Bertz CT molecular complexity index is 83.6. The van der Waals surface area contributed by atoms with Crippen molar-refractivity contribution in [3.05, 3.63) is 0 Å². The smallest absolute Gasteiger partial charge is 0.0592 e. The number of hydrogen-bond acceptors (Lipinski definition) is 2. The zero-order valence-electron chi connectivity index (χ0n) is 8.35. The third-order valence-electron chi connectivity index (χ3n) is 2.10. The average molecular weight is 158 g/mol. The molecule has 0 aromatic carbocycles. The zero-order chi connectivity index (χ0) is 8.69. The van der Waals surface area contributed by atoms with E-state index in [0.717, 1.165) is 0 Å². The highest BCUT2D eigenvalue weighted by molar-refractivity contribution is 4.69. The SMILES string of the molecule is CC.CNC1CCCCN1C. The van der Waals surface area contributed by atoms with Crippen LogP contribution in [0.3, 0.4) is 0 Å². The van der Waals surface area contributed by atoms with Gasteiger partial charge in [-0.25, -0.2) is 0 Å². The molecule has 0 radical (unpaired) electrons. The maximum absolute atomic E-state index is 3.28. The summed E-state index contributed by atoms with van der Waals surface area (Å²) in [7, 11) is 4.22. The molecule has 1 rings (SSSR count). The molecule has 1 aliphatic heterocycles. The highest BCUT2D eigenvalue weighted by atomic mass is 15.2. The van der Waals surface area contributed by atoms with Crippen molar-refractivity contribution in [2.24, 2.45) is 0 Å². The summed E-state index contributed by atoms with van der Waals surface area (Å²) in [5.41, 5.74) is 0. The molecule has 1 heterocycles. The minimum atomic E-state index is 0.638. The van der Waals surface area contributed by atoms with E-state index in [4.69, 9.17) is 0 Å². The summed E-state index contributed by atoms with van der Waals surface area (Å²) in [6.07, 6.45) is 4.70. The van der Waals surface area contributed by atoms with E-state index in [1.165, 1.54) is 25.8 Å². The van der Waals surface area contributed by atoms with Gasteiger partial charge in [0.2, 0.25) is 0 Å². The highest BCUT2D eigenvalue weighted by Crippen LogP contribution is 2.11. The number of rotatable bonds is 1. The van der Waals surface area contributed by atoms with Crippen molar-refractivity contribution >= 4 is 0 Å². The molecule has 11 heavy (non-hydrogen) atoms. The molecule has 1 fully saturated rings. The molecule has 0 bridgehead atoms. The lowest BCUT2D eigenvalue weighted by molar-refractivity contribution is 0.162. The van der Waals surface area contributed by atoms with Crippen molar-refractivity contribution < 1.29 is 0 Å². The summed E-state index contributed by atoms with van der Waals surface area (Å²) in [5.74, 6) is 0.